The van der Waals surface area contributed by atoms with E-state index in [1.54, 1.807) is 0 Å². The van der Waals surface area contributed by atoms with Gasteiger partial charge in [-0.2, -0.15) is 0 Å². The number of aryl methyl sites for hydroxylation is 1. The van der Waals surface area contributed by atoms with Crippen molar-refractivity contribution < 1.29 is 4.79 Å². The molecule has 0 unspecified atom stereocenters. The van der Waals surface area contributed by atoms with Gasteiger partial charge in [0.25, 0.3) is 0 Å². The van der Waals surface area contributed by atoms with E-state index in [0.717, 1.165) is 43.7 Å². The summed E-state index contributed by atoms with van der Waals surface area (Å²) in [5.41, 5.74) is 4.77. The Bertz CT molecular complexity index is 701. The Morgan fingerprint density at radius 2 is 1.46 bits per heavy atom. The second-order valence-corrected chi connectivity index (χ2v) is 7.08. The summed E-state index contributed by atoms with van der Waals surface area (Å²) in [6.07, 6.45) is 1.46. The SMILES string of the molecule is CCc1ccc(CC(=O)NCc2ccc(N3CCN(C)CC3)cc2)cc1. The lowest BCUT2D eigenvalue weighted by Crippen LogP contribution is -2.44. The quantitative estimate of drug-likeness (QED) is 0.869. The molecule has 2 aromatic rings. The molecule has 1 heterocycles. The fourth-order valence-electron chi connectivity index (χ4n) is 3.23. The molecule has 1 aliphatic heterocycles. The van der Waals surface area contributed by atoms with E-state index in [0.29, 0.717) is 13.0 Å². The summed E-state index contributed by atoms with van der Waals surface area (Å²) in [5.74, 6) is 0.0670. The Balaban J connectivity index is 1.47. The third-order valence-electron chi connectivity index (χ3n) is 5.09. The fourth-order valence-corrected chi connectivity index (χ4v) is 3.23. The van der Waals surface area contributed by atoms with Crippen molar-refractivity contribution in [1.82, 2.24) is 10.2 Å². The molecule has 26 heavy (non-hydrogen) atoms. The van der Waals surface area contributed by atoms with Crippen LogP contribution in [0.4, 0.5) is 5.69 Å². The third-order valence-corrected chi connectivity index (χ3v) is 5.09. The number of carbonyl (C=O) groups is 1. The molecule has 3 rings (SSSR count). The minimum absolute atomic E-state index is 0.0670. The highest BCUT2D eigenvalue weighted by Gasteiger charge is 2.14. The largest absolute Gasteiger partial charge is 0.369 e. The first-order valence-electron chi connectivity index (χ1n) is 9.51. The first-order chi connectivity index (χ1) is 12.6. The average Bonchev–Trinajstić information content (AvgIpc) is 2.68. The van der Waals surface area contributed by atoms with Crippen LogP contribution >= 0.6 is 0 Å². The van der Waals surface area contributed by atoms with Gasteiger partial charge in [-0.15, -0.1) is 0 Å². The molecule has 138 valence electrons. The second-order valence-electron chi connectivity index (χ2n) is 7.08. The van der Waals surface area contributed by atoms with Gasteiger partial charge in [-0.05, 0) is 42.3 Å². The van der Waals surface area contributed by atoms with E-state index in [1.807, 2.05) is 12.1 Å². The minimum atomic E-state index is 0.0670. The van der Waals surface area contributed by atoms with Crippen molar-refractivity contribution in [2.45, 2.75) is 26.3 Å². The van der Waals surface area contributed by atoms with E-state index in [-0.39, 0.29) is 5.91 Å². The number of rotatable bonds is 6. The normalized spacial score (nSPS) is 15.1. The van der Waals surface area contributed by atoms with Crippen molar-refractivity contribution in [3.8, 4) is 0 Å². The van der Waals surface area contributed by atoms with Gasteiger partial charge < -0.3 is 15.1 Å². The maximum Gasteiger partial charge on any atom is 0.224 e. The van der Waals surface area contributed by atoms with E-state index >= 15 is 0 Å². The standard InChI is InChI=1S/C22H29N3O/c1-3-18-4-6-19(7-5-18)16-22(26)23-17-20-8-10-21(11-9-20)25-14-12-24(2)13-15-25/h4-11H,3,12-17H2,1-2H3,(H,23,26). The summed E-state index contributed by atoms with van der Waals surface area (Å²) in [7, 11) is 2.17. The Kier molecular flexibility index (Phi) is 6.29. The predicted molar refractivity (Wildman–Crippen MR) is 108 cm³/mol. The van der Waals surface area contributed by atoms with Crippen LogP contribution in [0, 0.1) is 0 Å². The maximum atomic E-state index is 12.2. The summed E-state index contributed by atoms with van der Waals surface area (Å²) in [5, 5.41) is 3.02. The Labute approximate surface area is 156 Å². The van der Waals surface area contributed by atoms with Crippen LogP contribution in [0.2, 0.25) is 0 Å². The fraction of sp³-hybridized carbons (Fsp3) is 0.409. The van der Waals surface area contributed by atoms with E-state index in [9.17, 15) is 4.79 Å². The summed E-state index contributed by atoms with van der Waals surface area (Å²) in [6.45, 7) is 7.08. The molecular formula is C22H29N3O. The van der Waals surface area contributed by atoms with Crippen LogP contribution in [0.25, 0.3) is 0 Å². The van der Waals surface area contributed by atoms with Crippen molar-refractivity contribution in [3.05, 3.63) is 65.2 Å². The van der Waals surface area contributed by atoms with Crippen LogP contribution in [0.1, 0.15) is 23.6 Å². The van der Waals surface area contributed by atoms with E-state index in [2.05, 4.69) is 65.5 Å². The minimum Gasteiger partial charge on any atom is -0.369 e. The topological polar surface area (TPSA) is 35.6 Å². The zero-order valence-electron chi connectivity index (χ0n) is 15.9. The van der Waals surface area contributed by atoms with Crippen LogP contribution in [0.3, 0.4) is 0 Å². The number of carbonyl (C=O) groups excluding carboxylic acids is 1. The van der Waals surface area contributed by atoms with E-state index in [4.69, 9.17) is 0 Å². The summed E-state index contributed by atoms with van der Waals surface area (Å²) < 4.78 is 0. The first kappa shape index (κ1) is 18.5. The molecule has 0 aromatic heterocycles. The summed E-state index contributed by atoms with van der Waals surface area (Å²) >= 11 is 0. The molecule has 0 aliphatic carbocycles. The first-order valence-corrected chi connectivity index (χ1v) is 9.51. The van der Waals surface area contributed by atoms with Crippen molar-refractivity contribution in [2.75, 3.05) is 38.1 Å². The molecule has 1 amide bonds. The molecule has 1 N–H and O–H groups in total. The molecule has 1 fully saturated rings. The van der Waals surface area contributed by atoms with Gasteiger partial charge in [0.1, 0.15) is 0 Å². The summed E-state index contributed by atoms with van der Waals surface area (Å²) in [6, 6.07) is 16.8. The van der Waals surface area contributed by atoms with Crippen molar-refractivity contribution in [3.63, 3.8) is 0 Å². The van der Waals surface area contributed by atoms with Gasteiger partial charge >= 0.3 is 0 Å². The van der Waals surface area contributed by atoms with Crippen molar-refractivity contribution in [2.24, 2.45) is 0 Å². The van der Waals surface area contributed by atoms with Crippen LogP contribution in [-0.2, 0) is 24.2 Å². The van der Waals surface area contributed by atoms with Crippen molar-refractivity contribution in [1.29, 1.82) is 0 Å². The van der Waals surface area contributed by atoms with Crippen molar-refractivity contribution >= 4 is 11.6 Å². The maximum absolute atomic E-state index is 12.2. The summed E-state index contributed by atoms with van der Waals surface area (Å²) in [4.78, 5) is 16.9. The molecule has 2 aromatic carbocycles. The highest BCUT2D eigenvalue weighted by atomic mass is 16.1. The number of piperazine rings is 1. The van der Waals surface area contributed by atoms with Gasteiger partial charge in [0.05, 0.1) is 6.42 Å². The molecule has 1 saturated heterocycles. The molecule has 0 spiro atoms. The van der Waals surface area contributed by atoms with Gasteiger partial charge in [-0.25, -0.2) is 0 Å². The lowest BCUT2D eigenvalue weighted by molar-refractivity contribution is -0.120. The number of nitrogens with zero attached hydrogens (tertiary/aromatic N) is 2. The number of hydrogen-bond acceptors (Lipinski definition) is 3. The Morgan fingerprint density at radius 1 is 0.885 bits per heavy atom. The molecule has 0 saturated carbocycles. The lowest BCUT2D eigenvalue weighted by Gasteiger charge is -2.34. The Morgan fingerprint density at radius 3 is 2.08 bits per heavy atom. The molecule has 1 aliphatic rings. The average molecular weight is 351 g/mol. The van der Waals surface area contributed by atoms with Gasteiger partial charge in [-0.3, -0.25) is 4.79 Å². The zero-order chi connectivity index (χ0) is 18.4. The number of nitrogens with one attached hydrogen (secondary N) is 1. The number of anilines is 1. The molecule has 4 heteroatoms. The van der Waals surface area contributed by atoms with Crippen LogP contribution < -0.4 is 10.2 Å². The second kappa shape index (κ2) is 8.86. The predicted octanol–water partition coefficient (Wildman–Crippen LogP) is 2.86. The number of likely N-dealkylation sites (N-methyl/N-ethyl adjacent to an activating group) is 1. The van der Waals surface area contributed by atoms with Gasteiger partial charge in [0, 0.05) is 38.4 Å². The van der Waals surface area contributed by atoms with Crippen LogP contribution in [0.15, 0.2) is 48.5 Å². The Hall–Kier alpha value is -2.33. The lowest BCUT2D eigenvalue weighted by atomic mass is 10.1. The van der Waals surface area contributed by atoms with E-state index < -0.39 is 0 Å². The van der Waals surface area contributed by atoms with E-state index in [1.165, 1.54) is 11.3 Å². The molecule has 4 nitrogen and oxygen atoms in total. The smallest absolute Gasteiger partial charge is 0.224 e. The third kappa shape index (κ3) is 5.09. The van der Waals surface area contributed by atoms with Gasteiger partial charge in [0.15, 0.2) is 0 Å². The molecule has 0 bridgehead atoms. The zero-order valence-corrected chi connectivity index (χ0v) is 15.9. The molecular weight excluding hydrogens is 322 g/mol. The van der Waals surface area contributed by atoms with Crippen LogP contribution in [-0.4, -0.2) is 44.0 Å². The highest BCUT2D eigenvalue weighted by Crippen LogP contribution is 2.17. The molecule has 0 atom stereocenters. The van der Waals surface area contributed by atoms with Crippen LogP contribution in [0.5, 0.6) is 0 Å². The number of amides is 1. The monoisotopic (exact) mass is 351 g/mol. The van der Waals surface area contributed by atoms with Gasteiger partial charge in [0.2, 0.25) is 5.91 Å². The highest BCUT2D eigenvalue weighted by molar-refractivity contribution is 5.78. The number of hydrogen-bond donors (Lipinski definition) is 1. The number of benzene rings is 2. The molecule has 0 radical (unpaired) electrons. The van der Waals surface area contributed by atoms with Gasteiger partial charge in [-0.1, -0.05) is 43.3 Å².